The molecule has 1 aromatic carbocycles. The number of aliphatic hydroxyl groups is 1. The van der Waals surface area contributed by atoms with Gasteiger partial charge in [-0.15, -0.1) is 0 Å². The number of benzene rings is 1. The van der Waals surface area contributed by atoms with E-state index in [1.807, 2.05) is 6.07 Å². The van der Waals surface area contributed by atoms with Crippen LogP contribution in [0.3, 0.4) is 0 Å². The molecule has 1 saturated heterocycles. The molecule has 0 amide bonds. The second kappa shape index (κ2) is 5.61. The Morgan fingerprint density at radius 1 is 1.21 bits per heavy atom. The minimum Gasteiger partial charge on any atom is -0.393 e. The van der Waals surface area contributed by atoms with Crippen molar-refractivity contribution >= 4 is 0 Å². The summed E-state index contributed by atoms with van der Waals surface area (Å²) in [6.45, 7) is 3.92. The van der Waals surface area contributed by atoms with Gasteiger partial charge in [0.15, 0.2) is 0 Å². The molecule has 0 radical (unpaired) electrons. The first kappa shape index (κ1) is 13.1. The zero-order valence-corrected chi connectivity index (χ0v) is 11.4. The van der Waals surface area contributed by atoms with E-state index in [1.165, 1.54) is 12.0 Å². The van der Waals surface area contributed by atoms with Gasteiger partial charge in [0.1, 0.15) is 0 Å². The maximum Gasteiger partial charge on any atom is 0.0583 e. The summed E-state index contributed by atoms with van der Waals surface area (Å²) in [5.74, 6) is 1.63. The van der Waals surface area contributed by atoms with E-state index in [1.54, 1.807) is 0 Å². The first-order valence-corrected chi connectivity index (χ1v) is 7.43. The van der Waals surface area contributed by atoms with E-state index in [9.17, 15) is 5.11 Å². The Hall–Kier alpha value is -0.900. The lowest BCUT2D eigenvalue weighted by atomic mass is 9.98. The number of rotatable bonds is 4. The van der Waals surface area contributed by atoms with E-state index < -0.39 is 0 Å². The molecule has 3 rings (SSSR count). The Morgan fingerprint density at radius 2 is 2.00 bits per heavy atom. The highest BCUT2D eigenvalue weighted by Crippen LogP contribution is 2.38. The van der Waals surface area contributed by atoms with Crippen molar-refractivity contribution < 1.29 is 5.11 Å². The molecule has 3 N–H and O–H groups in total. The van der Waals surface area contributed by atoms with Gasteiger partial charge in [0, 0.05) is 38.0 Å². The second-order valence-corrected chi connectivity index (χ2v) is 6.13. The van der Waals surface area contributed by atoms with Crippen LogP contribution in [0.4, 0.5) is 0 Å². The van der Waals surface area contributed by atoms with Crippen LogP contribution in [0.2, 0.25) is 0 Å². The molecule has 2 aliphatic rings. The fourth-order valence-corrected chi connectivity index (χ4v) is 3.83. The van der Waals surface area contributed by atoms with E-state index in [2.05, 4.69) is 29.2 Å². The minimum absolute atomic E-state index is 0.0666. The minimum atomic E-state index is -0.0666. The van der Waals surface area contributed by atoms with E-state index >= 15 is 0 Å². The molecular formula is C16H24N2O. The third-order valence-electron chi connectivity index (χ3n) is 4.93. The molecule has 1 heterocycles. The third kappa shape index (κ3) is 2.69. The Bertz CT molecular complexity index is 408. The number of fused-ring (bicyclic) bond motifs is 1. The van der Waals surface area contributed by atoms with Gasteiger partial charge in [0.2, 0.25) is 0 Å². The fraction of sp³-hybridized carbons (Fsp3) is 0.625. The van der Waals surface area contributed by atoms with E-state index in [0.29, 0.717) is 24.3 Å². The van der Waals surface area contributed by atoms with Crippen LogP contribution in [0.1, 0.15) is 24.3 Å². The molecule has 19 heavy (non-hydrogen) atoms. The summed E-state index contributed by atoms with van der Waals surface area (Å²) in [6.07, 6.45) is 2.13. The van der Waals surface area contributed by atoms with Crippen molar-refractivity contribution in [1.29, 1.82) is 0 Å². The van der Waals surface area contributed by atoms with Crippen LogP contribution in [-0.4, -0.2) is 42.3 Å². The molecule has 0 bridgehead atoms. The van der Waals surface area contributed by atoms with Gasteiger partial charge < -0.3 is 15.7 Å². The number of hydrogen-bond acceptors (Lipinski definition) is 3. The van der Waals surface area contributed by atoms with Gasteiger partial charge in [0.25, 0.3) is 0 Å². The number of likely N-dealkylation sites (tertiary alicyclic amines) is 1. The lowest BCUT2D eigenvalue weighted by molar-refractivity contribution is 0.123. The van der Waals surface area contributed by atoms with Crippen molar-refractivity contribution in [2.24, 2.45) is 17.6 Å². The topological polar surface area (TPSA) is 49.5 Å². The molecule has 104 valence electrons. The third-order valence-corrected chi connectivity index (χ3v) is 4.93. The van der Waals surface area contributed by atoms with E-state index in [-0.39, 0.29) is 6.10 Å². The van der Waals surface area contributed by atoms with Crippen LogP contribution < -0.4 is 5.73 Å². The van der Waals surface area contributed by atoms with Crippen LogP contribution in [-0.2, 0) is 0 Å². The van der Waals surface area contributed by atoms with Crippen molar-refractivity contribution in [3.05, 3.63) is 35.9 Å². The summed E-state index contributed by atoms with van der Waals surface area (Å²) >= 11 is 0. The van der Waals surface area contributed by atoms with Crippen LogP contribution in [0.15, 0.2) is 30.3 Å². The summed E-state index contributed by atoms with van der Waals surface area (Å²) in [5.41, 5.74) is 7.29. The molecule has 0 spiro atoms. The van der Waals surface area contributed by atoms with E-state index in [0.717, 1.165) is 26.1 Å². The summed E-state index contributed by atoms with van der Waals surface area (Å²) < 4.78 is 0. The van der Waals surface area contributed by atoms with Crippen LogP contribution in [0, 0.1) is 11.8 Å². The molecule has 3 heteroatoms. The lowest BCUT2D eigenvalue weighted by Crippen LogP contribution is -2.31. The fourth-order valence-electron chi connectivity index (χ4n) is 3.83. The smallest absolute Gasteiger partial charge is 0.0583 e. The lowest BCUT2D eigenvalue weighted by Gasteiger charge is -2.24. The number of hydrogen-bond donors (Lipinski definition) is 2. The summed E-state index contributed by atoms with van der Waals surface area (Å²) in [7, 11) is 0. The first-order chi connectivity index (χ1) is 9.28. The van der Waals surface area contributed by atoms with Crippen LogP contribution >= 0.6 is 0 Å². The predicted octanol–water partition coefficient (Wildman–Crippen LogP) is 1.43. The second-order valence-electron chi connectivity index (χ2n) is 6.13. The molecular weight excluding hydrogens is 236 g/mol. The molecule has 1 aliphatic heterocycles. The standard InChI is InChI=1S/C16H24N2O/c17-8-14(12-4-2-1-3-5-12)10-18-9-13-6-7-16(19)15(13)11-18/h1-5,13-16,19H,6-11,17H2. The van der Waals surface area contributed by atoms with Crippen molar-refractivity contribution in [3.8, 4) is 0 Å². The Labute approximate surface area is 115 Å². The monoisotopic (exact) mass is 260 g/mol. The van der Waals surface area contributed by atoms with Gasteiger partial charge in [-0.1, -0.05) is 30.3 Å². The Kier molecular flexibility index (Phi) is 3.87. The van der Waals surface area contributed by atoms with Gasteiger partial charge in [0.05, 0.1) is 6.10 Å². The van der Waals surface area contributed by atoms with Gasteiger partial charge in [-0.25, -0.2) is 0 Å². The van der Waals surface area contributed by atoms with Gasteiger partial charge in [-0.3, -0.25) is 0 Å². The quantitative estimate of drug-likeness (QED) is 0.861. The maximum atomic E-state index is 9.97. The maximum absolute atomic E-state index is 9.97. The molecule has 4 atom stereocenters. The normalized spacial score (nSPS) is 32.4. The average Bonchev–Trinajstić information content (AvgIpc) is 2.99. The molecule has 1 aromatic rings. The van der Waals surface area contributed by atoms with Gasteiger partial charge >= 0.3 is 0 Å². The Morgan fingerprint density at radius 3 is 2.68 bits per heavy atom. The molecule has 2 fully saturated rings. The SMILES string of the molecule is NCC(CN1CC2CCC(O)C2C1)c1ccccc1. The summed E-state index contributed by atoms with van der Waals surface area (Å²) in [4.78, 5) is 2.50. The van der Waals surface area contributed by atoms with Crippen molar-refractivity contribution in [2.45, 2.75) is 24.9 Å². The van der Waals surface area contributed by atoms with Crippen molar-refractivity contribution in [3.63, 3.8) is 0 Å². The van der Waals surface area contributed by atoms with Crippen molar-refractivity contribution in [2.75, 3.05) is 26.2 Å². The molecule has 4 unspecified atom stereocenters. The first-order valence-electron chi connectivity index (χ1n) is 7.43. The number of nitrogens with two attached hydrogens (primary N) is 1. The summed E-state index contributed by atoms with van der Waals surface area (Å²) in [5, 5.41) is 9.97. The van der Waals surface area contributed by atoms with Gasteiger partial charge in [-0.2, -0.15) is 0 Å². The van der Waals surface area contributed by atoms with Crippen LogP contribution in [0.25, 0.3) is 0 Å². The highest BCUT2D eigenvalue weighted by Gasteiger charge is 2.41. The van der Waals surface area contributed by atoms with E-state index in [4.69, 9.17) is 5.73 Å². The largest absolute Gasteiger partial charge is 0.393 e. The van der Waals surface area contributed by atoms with Crippen molar-refractivity contribution in [1.82, 2.24) is 4.90 Å². The molecule has 0 aromatic heterocycles. The highest BCUT2D eigenvalue weighted by molar-refractivity contribution is 5.20. The van der Waals surface area contributed by atoms with Crippen LogP contribution in [0.5, 0.6) is 0 Å². The molecule has 1 aliphatic carbocycles. The molecule has 1 saturated carbocycles. The number of aliphatic hydroxyl groups excluding tert-OH is 1. The predicted molar refractivity (Wildman–Crippen MR) is 76.9 cm³/mol. The molecule has 3 nitrogen and oxygen atoms in total. The Balaban J connectivity index is 1.62. The zero-order chi connectivity index (χ0) is 13.2. The number of nitrogens with zero attached hydrogens (tertiary/aromatic N) is 1. The zero-order valence-electron chi connectivity index (χ0n) is 11.4. The average molecular weight is 260 g/mol. The van der Waals surface area contributed by atoms with Gasteiger partial charge in [-0.05, 0) is 24.3 Å². The summed E-state index contributed by atoms with van der Waals surface area (Å²) in [6, 6.07) is 10.6. The highest BCUT2D eigenvalue weighted by atomic mass is 16.3.